The molecule has 16 nitrogen and oxygen atoms in total. The number of hydrogen-bond donors (Lipinski definition) is 4. The number of aromatic amines is 2. The van der Waals surface area contributed by atoms with E-state index in [1.54, 1.807) is 20.8 Å². The number of H-pyrrole nitrogens is 2. The van der Waals surface area contributed by atoms with E-state index < -0.39 is 46.4 Å². The van der Waals surface area contributed by atoms with E-state index in [0.29, 0.717) is 95.2 Å². The van der Waals surface area contributed by atoms with Crippen molar-refractivity contribution < 1.29 is 41.9 Å². The van der Waals surface area contributed by atoms with E-state index in [4.69, 9.17) is 28.9 Å². The molecule has 2 aromatic heterocycles. The van der Waals surface area contributed by atoms with Gasteiger partial charge in [-0.1, -0.05) is 23.2 Å². The maximum Gasteiger partial charge on any atom is 0.273 e. The zero-order valence-electron chi connectivity index (χ0n) is 36.1. The first-order chi connectivity index (χ1) is 31.5. The van der Waals surface area contributed by atoms with Gasteiger partial charge in [0, 0.05) is 31.7 Å². The second kappa shape index (κ2) is 18.7. The van der Waals surface area contributed by atoms with Crippen molar-refractivity contribution in [3.63, 3.8) is 0 Å². The highest BCUT2D eigenvalue weighted by molar-refractivity contribution is 6.34. The SMILES string of the molecule is CCN(C(=O)c1[nH]cnc1C(N)=O)C1CCC2(CC1)CCN(c1ccc(F)cc1Cl)C2=O.O=C(NC1CCC2(CC1)CCN(c1ccc(F)cc1Cl)C2=O)c1nc[nH]c1C(=O)N1CC(F)C1. The predicted molar refractivity (Wildman–Crippen MR) is 237 cm³/mol. The van der Waals surface area contributed by atoms with E-state index in [1.807, 2.05) is 6.92 Å². The molecule has 0 radical (unpaired) electrons. The number of likely N-dealkylation sites (tertiary alicyclic amines) is 1. The fourth-order valence-electron chi connectivity index (χ4n) is 10.2. The van der Waals surface area contributed by atoms with Crippen molar-refractivity contribution in [2.45, 2.75) is 89.4 Å². The number of amides is 6. The Kier molecular flexibility index (Phi) is 13.2. The summed E-state index contributed by atoms with van der Waals surface area (Å²) in [5.41, 5.74) is 5.41. The number of imidazole rings is 2. The van der Waals surface area contributed by atoms with Gasteiger partial charge in [0.25, 0.3) is 23.6 Å². The molecule has 4 aromatic rings. The average Bonchev–Trinajstić information content (AvgIpc) is 4.10. The van der Waals surface area contributed by atoms with Crippen LogP contribution in [0.15, 0.2) is 49.1 Å². The summed E-state index contributed by atoms with van der Waals surface area (Å²) in [6, 6.07) is 7.86. The number of nitrogens with two attached hydrogens (primary N) is 1. The summed E-state index contributed by atoms with van der Waals surface area (Å²) in [4.78, 5) is 96.1. The maximum absolute atomic E-state index is 13.4. The van der Waals surface area contributed by atoms with Crippen molar-refractivity contribution in [3.8, 4) is 0 Å². The van der Waals surface area contributed by atoms with Crippen molar-refractivity contribution in [1.29, 1.82) is 0 Å². The zero-order chi connectivity index (χ0) is 47.1. The predicted octanol–water partition coefficient (Wildman–Crippen LogP) is 6.22. The van der Waals surface area contributed by atoms with Gasteiger partial charge in [-0.3, -0.25) is 28.8 Å². The normalized spacial score (nSPS) is 24.1. The molecule has 2 spiro atoms. The van der Waals surface area contributed by atoms with Crippen LogP contribution < -0.4 is 20.9 Å². The van der Waals surface area contributed by atoms with E-state index in [-0.39, 0.29) is 75.7 Å². The second-order valence-corrected chi connectivity index (χ2v) is 18.5. The number of carbonyl (C=O) groups is 6. The van der Waals surface area contributed by atoms with Crippen molar-refractivity contribution >= 4 is 70.0 Å². The fourth-order valence-corrected chi connectivity index (χ4v) is 10.7. The van der Waals surface area contributed by atoms with Crippen LogP contribution in [-0.4, -0.2) is 116 Å². The molecule has 3 aliphatic heterocycles. The van der Waals surface area contributed by atoms with Crippen LogP contribution in [0.2, 0.25) is 10.0 Å². The summed E-state index contributed by atoms with van der Waals surface area (Å²) < 4.78 is 39.9. The molecule has 2 aromatic carbocycles. The first-order valence-electron chi connectivity index (χ1n) is 22.0. The molecule has 5 heterocycles. The van der Waals surface area contributed by atoms with Gasteiger partial charge in [0.1, 0.15) is 29.2 Å². The van der Waals surface area contributed by atoms with Crippen LogP contribution in [0, 0.1) is 22.5 Å². The van der Waals surface area contributed by atoms with Crippen LogP contribution in [0.25, 0.3) is 0 Å². The molecule has 5 fully saturated rings. The summed E-state index contributed by atoms with van der Waals surface area (Å²) in [5, 5.41) is 3.35. The molecule has 66 heavy (non-hydrogen) atoms. The Bertz CT molecular complexity index is 2550. The van der Waals surface area contributed by atoms with E-state index in [1.165, 1.54) is 47.9 Å². The minimum absolute atomic E-state index is 0.00316. The van der Waals surface area contributed by atoms with Gasteiger partial charge in [-0.25, -0.2) is 23.1 Å². The number of primary amides is 1. The van der Waals surface area contributed by atoms with Crippen LogP contribution in [0.1, 0.15) is 113 Å². The Balaban J connectivity index is 0.000000180. The Morgan fingerprint density at radius 3 is 1.77 bits per heavy atom. The highest BCUT2D eigenvalue weighted by Crippen LogP contribution is 2.49. The number of benzene rings is 2. The summed E-state index contributed by atoms with van der Waals surface area (Å²) >= 11 is 12.4. The van der Waals surface area contributed by atoms with Crippen LogP contribution in [0.5, 0.6) is 0 Å². The number of rotatable bonds is 9. The summed E-state index contributed by atoms with van der Waals surface area (Å²) in [5.74, 6) is -2.92. The number of anilines is 2. The van der Waals surface area contributed by atoms with Crippen LogP contribution in [0.3, 0.4) is 0 Å². The molecule has 3 saturated heterocycles. The van der Waals surface area contributed by atoms with Crippen LogP contribution in [-0.2, 0) is 9.59 Å². The van der Waals surface area contributed by atoms with Gasteiger partial charge in [0.15, 0.2) is 11.4 Å². The van der Waals surface area contributed by atoms with Crippen LogP contribution in [0.4, 0.5) is 24.5 Å². The lowest BCUT2D eigenvalue weighted by molar-refractivity contribution is -0.128. The molecule has 5 aliphatic rings. The Labute approximate surface area is 387 Å². The lowest BCUT2D eigenvalue weighted by atomic mass is 9.71. The quantitative estimate of drug-likeness (QED) is 0.151. The standard InChI is InChI=1S/C23H24ClF2N5O3.C22H25ClFN5O3/c24-16-9-13(25)1-2-17(16)31-8-7-23(22(31)34)5-3-15(4-6-23)29-20(32)18-19(28-12-27-18)21(33)30-10-14(26)11-30;1-2-28(20(31)18-17(19(25)30)26-12-27-18)14-5-7-22(8-6-14)9-10-29(21(22)32)16-4-3-13(24)11-15(16)23/h1-2,9,12,14-15H,3-8,10-11H2,(H,27,28)(H,29,32);3-4,11-12,14H,2,5-10H2,1H3,(H2,25,30)(H,26,27). The zero-order valence-corrected chi connectivity index (χ0v) is 37.6. The number of nitrogens with one attached hydrogen (secondary N) is 3. The Hall–Kier alpha value is -5.95. The molecule has 9 rings (SSSR count). The van der Waals surface area contributed by atoms with Gasteiger partial charge in [-0.15, -0.1) is 0 Å². The van der Waals surface area contributed by atoms with Crippen molar-refractivity contribution in [2.24, 2.45) is 16.6 Å². The van der Waals surface area contributed by atoms with Gasteiger partial charge in [-0.2, -0.15) is 0 Å². The minimum atomic E-state index is -1.04. The van der Waals surface area contributed by atoms with E-state index in [9.17, 15) is 41.9 Å². The molecule has 350 valence electrons. The summed E-state index contributed by atoms with van der Waals surface area (Å²) in [6.45, 7) is 3.40. The molecule has 21 heteroatoms. The second-order valence-electron chi connectivity index (χ2n) is 17.7. The lowest BCUT2D eigenvalue weighted by Crippen LogP contribution is -2.52. The molecular weight excluding hydrogens is 904 g/mol. The third-order valence-corrected chi connectivity index (χ3v) is 14.5. The highest BCUT2D eigenvalue weighted by atomic mass is 35.5. The van der Waals surface area contributed by atoms with Gasteiger partial charge < -0.3 is 40.6 Å². The van der Waals surface area contributed by atoms with Gasteiger partial charge >= 0.3 is 0 Å². The van der Waals surface area contributed by atoms with E-state index in [2.05, 4.69) is 25.3 Å². The van der Waals surface area contributed by atoms with E-state index in [0.717, 1.165) is 0 Å². The average molecular weight is 954 g/mol. The lowest BCUT2D eigenvalue weighted by Gasteiger charge is -2.40. The molecule has 0 atom stereocenters. The van der Waals surface area contributed by atoms with Crippen LogP contribution >= 0.6 is 23.2 Å². The smallest absolute Gasteiger partial charge is 0.273 e. The number of halogens is 5. The number of nitrogens with zero attached hydrogens (tertiary/aromatic N) is 6. The fraction of sp³-hybridized carbons (Fsp3) is 0.467. The highest BCUT2D eigenvalue weighted by Gasteiger charge is 2.51. The summed E-state index contributed by atoms with van der Waals surface area (Å²) in [6.07, 6.45) is 7.90. The molecule has 0 bridgehead atoms. The first kappa shape index (κ1) is 46.6. The largest absolute Gasteiger partial charge is 0.364 e. The Morgan fingerprint density at radius 1 is 0.788 bits per heavy atom. The molecule has 5 N–H and O–H groups in total. The summed E-state index contributed by atoms with van der Waals surface area (Å²) in [7, 11) is 0. The molecule has 2 aliphatic carbocycles. The monoisotopic (exact) mass is 952 g/mol. The topological polar surface area (TPSA) is 211 Å². The van der Waals surface area contributed by atoms with Crippen molar-refractivity contribution in [3.05, 3.63) is 93.5 Å². The van der Waals surface area contributed by atoms with Gasteiger partial charge in [-0.05, 0) is 108 Å². The third-order valence-electron chi connectivity index (χ3n) is 13.9. The Morgan fingerprint density at radius 2 is 1.29 bits per heavy atom. The minimum Gasteiger partial charge on any atom is -0.364 e. The number of hydrogen-bond acceptors (Lipinski definition) is 8. The number of aromatic nitrogens is 4. The maximum atomic E-state index is 13.4. The molecule has 2 saturated carbocycles. The first-order valence-corrected chi connectivity index (χ1v) is 22.8. The van der Waals surface area contributed by atoms with Crippen molar-refractivity contribution in [1.82, 2.24) is 35.1 Å². The van der Waals surface area contributed by atoms with Gasteiger partial charge in [0.2, 0.25) is 11.8 Å². The van der Waals surface area contributed by atoms with Crippen molar-refractivity contribution in [2.75, 3.05) is 42.5 Å². The van der Waals surface area contributed by atoms with Gasteiger partial charge in [0.05, 0.1) is 58.0 Å². The molecular formula is C45H49Cl2F3N10O6. The van der Waals surface area contributed by atoms with E-state index >= 15 is 0 Å². The molecule has 6 amide bonds. The molecule has 0 unspecified atom stereocenters. The third kappa shape index (κ3) is 8.86. The number of carbonyl (C=O) groups excluding carboxylic acids is 6. The number of alkyl halides is 1.